The van der Waals surface area contributed by atoms with Crippen LogP contribution in [0, 0.1) is 0 Å². The lowest BCUT2D eigenvalue weighted by molar-refractivity contribution is -0.137. The molecule has 0 spiro atoms. The van der Waals surface area contributed by atoms with Crippen LogP contribution < -0.4 is 0 Å². The molecule has 1 aromatic heterocycles. The lowest BCUT2D eigenvalue weighted by Gasteiger charge is -2.24. The Morgan fingerprint density at radius 2 is 1.76 bits per heavy atom. The molecule has 2 nitrogen and oxygen atoms in total. The van der Waals surface area contributed by atoms with Gasteiger partial charge in [0.05, 0.1) is 11.3 Å². The van der Waals surface area contributed by atoms with E-state index in [4.69, 9.17) is 0 Å². The van der Waals surface area contributed by atoms with Gasteiger partial charge in [0, 0.05) is 30.8 Å². The van der Waals surface area contributed by atoms with Crippen LogP contribution in [0.15, 0.2) is 36.4 Å². The molecule has 3 rings (SSSR count). The summed E-state index contributed by atoms with van der Waals surface area (Å²) in [7, 11) is 2.06. The largest absolute Gasteiger partial charge is 0.416 e. The molecule has 21 heavy (non-hydrogen) atoms. The van der Waals surface area contributed by atoms with Crippen molar-refractivity contribution in [2.24, 2.45) is 0 Å². The van der Waals surface area contributed by atoms with E-state index < -0.39 is 11.7 Å². The fourth-order valence-corrected chi connectivity index (χ4v) is 2.55. The summed E-state index contributed by atoms with van der Waals surface area (Å²) >= 11 is 0. The SMILES string of the molecule is CN1CCc2nc(-c3ccc(C(F)(F)F)cc3)ccc2C1. The molecule has 1 aliphatic heterocycles. The van der Waals surface area contributed by atoms with E-state index in [9.17, 15) is 13.2 Å². The van der Waals surface area contributed by atoms with Crippen molar-refractivity contribution in [2.75, 3.05) is 13.6 Å². The second kappa shape index (κ2) is 5.15. The van der Waals surface area contributed by atoms with E-state index in [2.05, 4.69) is 16.9 Å². The van der Waals surface area contributed by atoms with Crippen molar-refractivity contribution >= 4 is 0 Å². The summed E-state index contributed by atoms with van der Waals surface area (Å²) < 4.78 is 37.7. The Morgan fingerprint density at radius 3 is 2.43 bits per heavy atom. The minimum Gasteiger partial charge on any atom is -0.302 e. The van der Waals surface area contributed by atoms with Crippen molar-refractivity contribution < 1.29 is 13.2 Å². The van der Waals surface area contributed by atoms with Gasteiger partial charge in [0.2, 0.25) is 0 Å². The van der Waals surface area contributed by atoms with E-state index in [1.807, 2.05) is 12.1 Å². The monoisotopic (exact) mass is 292 g/mol. The molecule has 2 aromatic rings. The van der Waals surface area contributed by atoms with Crippen molar-refractivity contribution in [2.45, 2.75) is 19.1 Å². The van der Waals surface area contributed by atoms with Crippen LogP contribution in [-0.2, 0) is 19.1 Å². The number of fused-ring (bicyclic) bond motifs is 1. The summed E-state index contributed by atoms with van der Waals surface area (Å²) in [6.45, 7) is 1.83. The van der Waals surface area contributed by atoms with E-state index in [0.717, 1.165) is 43.0 Å². The highest BCUT2D eigenvalue weighted by atomic mass is 19.4. The van der Waals surface area contributed by atoms with Gasteiger partial charge in [-0.05, 0) is 30.8 Å². The molecular formula is C16H15F3N2. The fraction of sp³-hybridized carbons (Fsp3) is 0.312. The van der Waals surface area contributed by atoms with Gasteiger partial charge < -0.3 is 4.90 Å². The Labute approximate surface area is 121 Å². The second-order valence-corrected chi connectivity index (χ2v) is 5.37. The number of alkyl halides is 3. The molecule has 0 N–H and O–H groups in total. The Kier molecular flexibility index (Phi) is 3.45. The van der Waals surface area contributed by atoms with Crippen LogP contribution >= 0.6 is 0 Å². The Bertz CT molecular complexity index is 648. The van der Waals surface area contributed by atoms with Gasteiger partial charge in [-0.25, -0.2) is 0 Å². The smallest absolute Gasteiger partial charge is 0.302 e. The molecule has 1 aromatic carbocycles. The van der Waals surface area contributed by atoms with Crippen molar-refractivity contribution in [3.8, 4) is 11.3 Å². The lowest BCUT2D eigenvalue weighted by atomic mass is 10.0. The van der Waals surface area contributed by atoms with Crippen LogP contribution in [0.3, 0.4) is 0 Å². The highest BCUT2D eigenvalue weighted by Crippen LogP contribution is 2.31. The number of benzene rings is 1. The van der Waals surface area contributed by atoms with E-state index in [1.54, 1.807) is 0 Å². The quantitative estimate of drug-likeness (QED) is 0.795. The maximum atomic E-state index is 12.6. The van der Waals surface area contributed by atoms with Crippen LogP contribution in [0.1, 0.15) is 16.8 Å². The molecule has 0 fully saturated rings. The first-order valence-electron chi connectivity index (χ1n) is 6.78. The maximum absolute atomic E-state index is 12.6. The fourth-order valence-electron chi connectivity index (χ4n) is 2.55. The Balaban J connectivity index is 1.91. The lowest BCUT2D eigenvalue weighted by Crippen LogP contribution is -2.27. The third-order valence-corrected chi connectivity index (χ3v) is 3.75. The highest BCUT2D eigenvalue weighted by molar-refractivity contribution is 5.60. The summed E-state index contributed by atoms with van der Waals surface area (Å²) in [4.78, 5) is 6.83. The normalized spacial score (nSPS) is 15.8. The number of hydrogen-bond acceptors (Lipinski definition) is 2. The number of aromatic nitrogens is 1. The van der Waals surface area contributed by atoms with Crippen LogP contribution in [0.25, 0.3) is 11.3 Å². The number of likely N-dealkylation sites (N-methyl/N-ethyl adjacent to an activating group) is 1. The van der Waals surface area contributed by atoms with Gasteiger partial charge in [-0.3, -0.25) is 4.98 Å². The summed E-state index contributed by atoms with van der Waals surface area (Å²) in [5, 5.41) is 0. The molecule has 0 saturated heterocycles. The van der Waals surface area contributed by atoms with Crippen LogP contribution in [0.4, 0.5) is 13.2 Å². The van der Waals surface area contributed by atoms with Crippen molar-refractivity contribution in [3.05, 3.63) is 53.2 Å². The zero-order valence-electron chi connectivity index (χ0n) is 11.6. The zero-order valence-corrected chi connectivity index (χ0v) is 11.6. The summed E-state index contributed by atoms with van der Waals surface area (Å²) in [6, 6.07) is 9.05. The van der Waals surface area contributed by atoms with E-state index in [1.165, 1.54) is 17.7 Å². The van der Waals surface area contributed by atoms with Gasteiger partial charge in [0.25, 0.3) is 0 Å². The van der Waals surface area contributed by atoms with Gasteiger partial charge in [-0.2, -0.15) is 13.2 Å². The second-order valence-electron chi connectivity index (χ2n) is 5.37. The minimum atomic E-state index is -4.30. The Hall–Kier alpha value is -1.88. The summed E-state index contributed by atoms with van der Waals surface area (Å²) in [5.41, 5.74) is 3.05. The summed E-state index contributed by atoms with van der Waals surface area (Å²) in [6.07, 6.45) is -3.42. The molecule has 0 aliphatic carbocycles. The van der Waals surface area contributed by atoms with Gasteiger partial charge in [0.1, 0.15) is 0 Å². The van der Waals surface area contributed by atoms with Crippen molar-refractivity contribution in [3.63, 3.8) is 0 Å². The molecule has 0 amide bonds. The number of rotatable bonds is 1. The molecule has 0 saturated carbocycles. The number of halogens is 3. The first-order chi connectivity index (χ1) is 9.93. The third kappa shape index (κ3) is 2.93. The first kappa shape index (κ1) is 14.1. The summed E-state index contributed by atoms with van der Waals surface area (Å²) in [5.74, 6) is 0. The zero-order chi connectivity index (χ0) is 15.0. The van der Waals surface area contributed by atoms with Crippen LogP contribution in [0.5, 0.6) is 0 Å². The average Bonchev–Trinajstić information content (AvgIpc) is 2.46. The molecule has 110 valence electrons. The van der Waals surface area contributed by atoms with Crippen molar-refractivity contribution in [1.29, 1.82) is 0 Å². The van der Waals surface area contributed by atoms with Gasteiger partial charge >= 0.3 is 6.18 Å². The first-order valence-corrected chi connectivity index (χ1v) is 6.78. The highest BCUT2D eigenvalue weighted by Gasteiger charge is 2.30. The topological polar surface area (TPSA) is 16.1 Å². The molecule has 0 atom stereocenters. The average molecular weight is 292 g/mol. The number of pyridine rings is 1. The van der Waals surface area contributed by atoms with Gasteiger partial charge in [-0.15, -0.1) is 0 Å². The molecule has 0 radical (unpaired) electrons. The number of hydrogen-bond donors (Lipinski definition) is 0. The predicted molar refractivity (Wildman–Crippen MR) is 74.7 cm³/mol. The minimum absolute atomic E-state index is 0.633. The molecular weight excluding hydrogens is 277 g/mol. The van der Waals surface area contributed by atoms with Crippen LogP contribution in [-0.4, -0.2) is 23.5 Å². The van der Waals surface area contributed by atoms with Gasteiger partial charge in [-0.1, -0.05) is 18.2 Å². The third-order valence-electron chi connectivity index (χ3n) is 3.75. The van der Waals surface area contributed by atoms with Gasteiger partial charge in [0.15, 0.2) is 0 Å². The maximum Gasteiger partial charge on any atom is 0.416 e. The molecule has 5 heteroatoms. The van der Waals surface area contributed by atoms with Crippen LogP contribution in [0.2, 0.25) is 0 Å². The molecule has 1 aliphatic rings. The van der Waals surface area contributed by atoms with E-state index >= 15 is 0 Å². The predicted octanol–water partition coefficient (Wildman–Crippen LogP) is 3.76. The molecule has 0 unspecified atom stereocenters. The van der Waals surface area contributed by atoms with E-state index in [0.29, 0.717) is 5.56 Å². The number of nitrogens with zero attached hydrogens (tertiary/aromatic N) is 2. The Morgan fingerprint density at radius 1 is 1.05 bits per heavy atom. The molecule has 0 bridgehead atoms. The molecule has 2 heterocycles. The standard InChI is InChI=1S/C16H15F3N2/c1-21-9-8-15-12(10-21)4-7-14(20-15)11-2-5-13(6-3-11)16(17,18)19/h2-7H,8-10H2,1H3. The van der Waals surface area contributed by atoms with Crippen molar-refractivity contribution in [1.82, 2.24) is 9.88 Å². The van der Waals surface area contributed by atoms with E-state index in [-0.39, 0.29) is 0 Å².